The Hall–Kier alpha value is -2.73. The highest BCUT2D eigenvalue weighted by atomic mass is 16.5. The lowest BCUT2D eigenvalue weighted by Gasteiger charge is -2.12. The van der Waals surface area contributed by atoms with Crippen molar-refractivity contribution in [1.82, 2.24) is 9.88 Å². The molecule has 1 N–H and O–H groups in total. The third kappa shape index (κ3) is 4.57. The third-order valence-electron chi connectivity index (χ3n) is 4.83. The number of ether oxygens (including phenoxy) is 1. The molecule has 1 aliphatic rings. The van der Waals surface area contributed by atoms with E-state index in [1.165, 1.54) is 16.8 Å². The van der Waals surface area contributed by atoms with Crippen LogP contribution in [0, 0.1) is 6.92 Å². The minimum absolute atomic E-state index is 0.0186. The van der Waals surface area contributed by atoms with Crippen LogP contribution in [0.25, 0.3) is 0 Å². The first-order valence-corrected chi connectivity index (χ1v) is 9.68. The van der Waals surface area contributed by atoms with E-state index in [0.717, 1.165) is 17.5 Å². The van der Waals surface area contributed by atoms with Gasteiger partial charge in [0.15, 0.2) is 5.78 Å². The molecular weight excluding hydrogens is 356 g/mol. The second-order valence-corrected chi connectivity index (χ2v) is 7.15. The molecule has 1 fully saturated rings. The minimum atomic E-state index is -0.372. The fourth-order valence-electron chi connectivity index (χ4n) is 3.25. The van der Waals surface area contributed by atoms with E-state index in [-0.39, 0.29) is 41.4 Å². The molecule has 2 aromatic rings. The summed E-state index contributed by atoms with van der Waals surface area (Å²) in [6.07, 6.45) is 2.57. The lowest BCUT2D eigenvalue weighted by molar-refractivity contribution is 0.0914. The van der Waals surface area contributed by atoms with Crippen LogP contribution in [0.5, 0.6) is 0 Å². The van der Waals surface area contributed by atoms with E-state index in [9.17, 15) is 14.4 Å². The van der Waals surface area contributed by atoms with Gasteiger partial charge in [-0.05, 0) is 31.9 Å². The Kier molecular flexibility index (Phi) is 6.09. The molecule has 148 valence electrons. The van der Waals surface area contributed by atoms with Crippen molar-refractivity contribution in [2.45, 2.75) is 52.3 Å². The first-order chi connectivity index (χ1) is 13.4. The predicted octanol–water partition coefficient (Wildman–Crippen LogP) is 2.70. The second kappa shape index (κ2) is 8.52. The zero-order chi connectivity index (χ0) is 20.3. The van der Waals surface area contributed by atoms with Gasteiger partial charge < -0.3 is 14.6 Å². The molecule has 1 aromatic heterocycles. The van der Waals surface area contributed by atoms with E-state index in [1.807, 2.05) is 38.1 Å². The van der Waals surface area contributed by atoms with E-state index in [0.29, 0.717) is 18.7 Å². The Morgan fingerprint density at radius 2 is 2.04 bits per heavy atom. The number of hydrogen-bond donors (Lipinski definition) is 1. The molecular formula is C22H26N2O4. The Bertz CT molecular complexity index is 948. The van der Waals surface area contributed by atoms with Crippen molar-refractivity contribution in [3.63, 3.8) is 0 Å². The molecule has 1 heterocycles. The van der Waals surface area contributed by atoms with E-state index >= 15 is 0 Å². The number of benzene rings is 1. The van der Waals surface area contributed by atoms with Crippen LogP contribution in [-0.2, 0) is 11.3 Å². The number of carbonyl (C=O) groups is 2. The number of pyridine rings is 1. The first kappa shape index (κ1) is 20.0. The van der Waals surface area contributed by atoms with Crippen LogP contribution in [0.4, 0.5) is 0 Å². The molecule has 0 bridgehead atoms. The maximum atomic E-state index is 12.8. The van der Waals surface area contributed by atoms with Gasteiger partial charge in [0.2, 0.25) is 0 Å². The van der Waals surface area contributed by atoms with Crippen LogP contribution in [0.1, 0.15) is 58.5 Å². The van der Waals surface area contributed by atoms with Gasteiger partial charge in [-0.3, -0.25) is 14.4 Å². The quantitative estimate of drug-likeness (QED) is 0.712. The fourth-order valence-corrected chi connectivity index (χ4v) is 3.25. The zero-order valence-corrected chi connectivity index (χ0v) is 16.5. The highest BCUT2D eigenvalue weighted by molar-refractivity contribution is 6.00. The predicted molar refractivity (Wildman–Crippen MR) is 107 cm³/mol. The highest BCUT2D eigenvalue weighted by Crippen LogP contribution is 2.25. The molecule has 2 atom stereocenters. The van der Waals surface area contributed by atoms with Crippen molar-refractivity contribution < 1.29 is 14.3 Å². The number of Topliss-reactive ketones (excluding diaryl/α,β-unsaturated/α-hetero) is 1. The molecule has 1 amide bonds. The molecule has 28 heavy (non-hydrogen) atoms. The van der Waals surface area contributed by atoms with Crippen LogP contribution in [0.3, 0.4) is 0 Å². The topological polar surface area (TPSA) is 77.4 Å². The van der Waals surface area contributed by atoms with Crippen molar-refractivity contribution in [2.24, 2.45) is 0 Å². The van der Waals surface area contributed by atoms with Gasteiger partial charge in [-0.1, -0.05) is 36.8 Å². The van der Waals surface area contributed by atoms with Gasteiger partial charge in [0.25, 0.3) is 11.5 Å². The van der Waals surface area contributed by atoms with Gasteiger partial charge in [-0.2, -0.15) is 0 Å². The number of rotatable bonds is 8. The van der Waals surface area contributed by atoms with Crippen LogP contribution in [0.15, 0.2) is 41.3 Å². The summed E-state index contributed by atoms with van der Waals surface area (Å²) >= 11 is 0. The number of nitrogens with zero attached hydrogens (tertiary/aromatic N) is 1. The van der Waals surface area contributed by atoms with Gasteiger partial charge in [0.1, 0.15) is 0 Å². The molecule has 0 aliphatic heterocycles. The van der Waals surface area contributed by atoms with E-state index < -0.39 is 0 Å². The Balaban J connectivity index is 1.90. The number of aryl methyl sites for hydroxylation is 1. The molecule has 1 saturated carbocycles. The Labute approximate surface area is 164 Å². The number of hydrogen-bond acceptors (Lipinski definition) is 4. The Morgan fingerprint density at radius 3 is 2.71 bits per heavy atom. The lowest BCUT2D eigenvalue weighted by atomic mass is 10.1. The van der Waals surface area contributed by atoms with Gasteiger partial charge in [-0.25, -0.2) is 0 Å². The van der Waals surface area contributed by atoms with Crippen molar-refractivity contribution in [3.05, 3.63) is 69.1 Å². The van der Waals surface area contributed by atoms with Crippen molar-refractivity contribution in [3.8, 4) is 0 Å². The standard InChI is InChI=1S/C22H26N2O4/c1-4-19(25)17-10-16(21(26)23-18-11-20(18)28-5-2)13-24(22(17)27)12-15-8-6-7-14(3)9-15/h6-10,13,18,20H,4-5,11-12H2,1-3H3,(H,23,26). The maximum Gasteiger partial charge on any atom is 0.261 e. The number of amides is 1. The number of aromatic nitrogens is 1. The summed E-state index contributed by atoms with van der Waals surface area (Å²) in [6, 6.07) is 9.20. The van der Waals surface area contributed by atoms with Gasteiger partial charge in [0.05, 0.1) is 29.8 Å². The third-order valence-corrected chi connectivity index (χ3v) is 4.83. The smallest absolute Gasteiger partial charge is 0.261 e. The molecule has 0 radical (unpaired) electrons. The minimum Gasteiger partial charge on any atom is -0.376 e. The molecule has 3 rings (SSSR count). The SMILES string of the molecule is CCOC1CC1NC(=O)c1cc(C(=O)CC)c(=O)n(Cc2cccc(C)c2)c1. The van der Waals surface area contributed by atoms with E-state index in [2.05, 4.69) is 5.32 Å². The number of carbonyl (C=O) groups excluding carboxylic acids is 2. The summed E-state index contributed by atoms with van der Waals surface area (Å²) in [7, 11) is 0. The maximum absolute atomic E-state index is 12.8. The molecule has 0 saturated heterocycles. The van der Waals surface area contributed by atoms with E-state index in [4.69, 9.17) is 4.74 Å². The summed E-state index contributed by atoms with van der Waals surface area (Å²) < 4.78 is 6.93. The lowest BCUT2D eigenvalue weighted by Crippen LogP contribution is -2.32. The number of nitrogens with one attached hydrogen (secondary N) is 1. The summed E-state index contributed by atoms with van der Waals surface area (Å²) in [4.78, 5) is 37.8. The molecule has 6 nitrogen and oxygen atoms in total. The van der Waals surface area contributed by atoms with Crippen molar-refractivity contribution >= 4 is 11.7 Å². The summed E-state index contributed by atoms with van der Waals surface area (Å²) in [5.41, 5.74) is 2.02. The summed E-state index contributed by atoms with van der Waals surface area (Å²) in [5, 5.41) is 2.92. The highest BCUT2D eigenvalue weighted by Gasteiger charge is 2.39. The van der Waals surface area contributed by atoms with Crippen LogP contribution in [-0.4, -0.2) is 35.0 Å². The van der Waals surface area contributed by atoms with Crippen LogP contribution in [0.2, 0.25) is 0 Å². The van der Waals surface area contributed by atoms with Gasteiger partial charge >= 0.3 is 0 Å². The molecule has 1 aromatic carbocycles. The average Bonchev–Trinajstić information content (AvgIpc) is 3.40. The normalized spacial score (nSPS) is 18.0. The first-order valence-electron chi connectivity index (χ1n) is 9.68. The molecule has 2 unspecified atom stereocenters. The number of ketones is 1. The molecule has 0 spiro atoms. The fraction of sp³-hybridized carbons (Fsp3) is 0.409. The van der Waals surface area contributed by atoms with Crippen LogP contribution >= 0.6 is 0 Å². The van der Waals surface area contributed by atoms with Gasteiger partial charge in [-0.15, -0.1) is 0 Å². The molecule has 1 aliphatic carbocycles. The second-order valence-electron chi connectivity index (χ2n) is 7.15. The van der Waals surface area contributed by atoms with Crippen molar-refractivity contribution in [2.75, 3.05) is 6.61 Å². The average molecular weight is 382 g/mol. The largest absolute Gasteiger partial charge is 0.376 e. The molecule has 6 heteroatoms. The zero-order valence-electron chi connectivity index (χ0n) is 16.5. The van der Waals surface area contributed by atoms with Crippen molar-refractivity contribution in [1.29, 1.82) is 0 Å². The Morgan fingerprint density at radius 1 is 1.25 bits per heavy atom. The monoisotopic (exact) mass is 382 g/mol. The summed E-state index contributed by atoms with van der Waals surface area (Å²) in [5.74, 6) is -0.563. The van der Waals surface area contributed by atoms with Crippen LogP contribution < -0.4 is 10.9 Å². The van der Waals surface area contributed by atoms with E-state index in [1.54, 1.807) is 6.92 Å². The summed E-state index contributed by atoms with van der Waals surface area (Å²) in [6.45, 7) is 6.51. The van der Waals surface area contributed by atoms with Gasteiger partial charge in [0, 0.05) is 19.2 Å².